The van der Waals surface area contributed by atoms with E-state index in [1.165, 1.54) is 12.1 Å². The number of amides is 1. The number of nitrogens with zero attached hydrogens (tertiary/aromatic N) is 1. The fraction of sp³-hybridized carbons (Fsp3) is 0.571. The zero-order valence-corrected chi connectivity index (χ0v) is 11.7. The number of ether oxygens (including phenoxy) is 1. The Morgan fingerprint density at radius 1 is 1.40 bits per heavy atom. The highest BCUT2D eigenvalue weighted by atomic mass is 16.5. The molecule has 0 radical (unpaired) electrons. The van der Waals surface area contributed by atoms with Crippen molar-refractivity contribution in [2.45, 2.75) is 26.3 Å². The summed E-state index contributed by atoms with van der Waals surface area (Å²) in [6.07, 6.45) is 0.845. The van der Waals surface area contributed by atoms with Crippen molar-refractivity contribution in [3.05, 3.63) is 23.7 Å². The van der Waals surface area contributed by atoms with Gasteiger partial charge in [0.1, 0.15) is 0 Å². The number of rotatable bonds is 4. The lowest BCUT2D eigenvalue weighted by atomic mass is 10.0. The van der Waals surface area contributed by atoms with E-state index < -0.39 is 5.97 Å². The van der Waals surface area contributed by atoms with Crippen LogP contribution >= 0.6 is 0 Å². The predicted molar refractivity (Wildman–Crippen MR) is 70.8 cm³/mol. The Balaban J connectivity index is 2.14. The van der Waals surface area contributed by atoms with Gasteiger partial charge >= 0.3 is 5.97 Å². The maximum absolute atomic E-state index is 12.4. The van der Waals surface area contributed by atoms with Gasteiger partial charge in [-0.3, -0.25) is 4.79 Å². The summed E-state index contributed by atoms with van der Waals surface area (Å²) in [6, 6.07) is 2.72. The molecule has 1 N–H and O–H groups in total. The Morgan fingerprint density at radius 2 is 2.10 bits per heavy atom. The Kier molecular flexibility index (Phi) is 4.44. The van der Waals surface area contributed by atoms with Crippen molar-refractivity contribution in [3.63, 3.8) is 0 Å². The molecule has 20 heavy (non-hydrogen) atoms. The van der Waals surface area contributed by atoms with E-state index in [0.717, 1.165) is 6.42 Å². The number of hydrogen-bond donors (Lipinski definition) is 1. The lowest BCUT2D eigenvalue weighted by Crippen LogP contribution is -2.49. The van der Waals surface area contributed by atoms with Crippen molar-refractivity contribution in [2.24, 2.45) is 5.92 Å². The number of furan rings is 1. The molecule has 1 aliphatic rings. The summed E-state index contributed by atoms with van der Waals surface area (Å²) in [6.45, 7) is 5.68. The Morgan fingerprint density at radius 3 is 2.70 bits per heavy atom. The highest BCUT2D eigenvalue weighted by molar-refractivity contribution is 5.93. The van der Waals surface area contributed by atoms with E-state index in [1.54, 1.807) is 4.90 Å². The van der Waals surface area contributed by atoms with E-state index in [4.69, 9.17) is 14.3 Å². The van der Waals surface area contributed by atoms with Gasteiger partial charge in [-0.1, -0.05) is 13.8 Å². The summed E-state index contributed by atoms with van der Waals surface area (Å²) in [5, 5.41) is 8.82. The van der Waals surface area contributed by atoms with Gasteiger partial charge in [-0.15, -0.1) is 0 Å². The molecule has 110 valence electrons. The van der Waals surface area contributed by atoms with E-state index in [0.29, 0.717) is 25.7 Å². The lowest BCUT2D eigenvalue weighted by molar-refractivity contribution is -0.00900. The molecule has 0 bridgehead atoms. The average molecular weight is 281 g/mol. The minimum absolute atomic E-state index is 0.00891. The lowest BCUT2D eigenvalue weighted by Gasteiger charge is -2.36. The quantitative estimate of drug-likeness (QED) is 0.911. The number of morpholine rings is 1. The topological polar surface area (TPSA) is 80.0 Å². The first kappa shape index (κ1) is 14.6. The molecule has 0 spiro atoms. The van der Waals surface area contributed by atoms with E-state index in [9.17, 15) is 9.59 Å². The second kappa shape index (κ2) is 6.09. The molecule has 0 aromatic carbocycles. The van der Waals surface area contributed by atoms with E-state index in [-0.39, 0.29) is 23.5 Å². The molecule has 1 aromatic rings. The summed E-state index contributed by atoms with van der Waals surface area (Å²) in [5.41, 5.74) is 0. The summed E-state index contributed by atoms with van der Waals surface area (Å²) in [4.78, 5) is 24.9. The molecule has 1 aromatic heterocycles. The monoisotopic (exact) mass is 281 g/mol. The predicted octanol–water partition coefficient (Wildman–Crippen LogP) is 1.86. The summed E-state index contributed by atoms with van der Waals surface area (Å²) >= 11 is 0. The van der Waals surface area contributed by atoms with Crippen LogP contribution in [0.4, 0.5) is 0 Å². The van der Waals surface area contributed by atoms with Gasteiger partial charge in [-0.25, -0.2) is 4.79 Å². The minimum atomic E-state index is -1.18. The van der Waals surface area contributed by atoms with Crippen LogP contribution in [-0.2, 0) is 4.74 Å². The molecular weight excluding hydrogens is 262 g/mol. The summed E-state index contributed by atoms with van der Waals surface area (Å²) in [5.74, 6) is -1.15. The number of carboxylic acid groups (broad SMARTS) is 1. The number of carbonyl (C=O) groups is 2. The van der Waals surface area contributed by atoms with E-state index >= 15 is 0 Å². The van der Waals surface area contributed by atoms with Crippen molar-refractivity contribution >= 4 is 11.9 Å². The minimum Gasteiger partial charge on any atom is -0.475 e. The van der Waals surface area contributed by atoms with Crippen LogP contribution in [0.2, 0.25) is 0 Å². The van der Waals surface area contributed by atoms with Crippen molar-refractivity contribution < 1.29 is 23.8 Å². The maximum atomic E-state index is 12.4. The molecule has 0 aliphatic carbocycles. The molecule has 6 nitrogen and oxygen atoms in total. The largest absolute Gasteiger partial charge is 0.475 e. The number of carbonyl (C=O) groups excluding carboxylic acids is 1. The van der Waals surface area contributed by atoms with Gasteiger partial charge in [-0.2, -0.15) is 0 Å². The maximum Gasteiger partial charge on any atom is 0.371 e. The van der Waals surface area contributed by atoms with Crippen LogP contribution in [0.25, 0.3) is 0 Å². The third kappa shape index (κ3) is 3.19. The van der Waals surface area contributed by atoms with Crippen molar-refractivity contribution in [2.75, 3.05) is 19.8 Å². The van der Waals surface area contributed by atoms with Crippen molar-refractivity contribution in [1.29, 1.82) is 0 Å². The molecule has 1 amide bonds. The van der Waals surface area contributed by atoms with E-state index in [2.05, 4.69) is 13.8 Å². The van der Waals surface area contributed by atoms with Crippen LogP contribution < -0.4 is 0 Å². The van der Waals surface area contributed by atoms with Crippen molar-refractivity contribution in [3.8, 4) is 0 Å². The third-order valence-corrected chi connectivity index (χ3v) is 3.26. The fourth-order valence-electron chi connectivity index (χ4n) is 2.37. The van der Waals surface area contributed by atoms with Gasteiger partial charge in [0.2, 0.25) is 5.76 Å². The zero-order chi connectivity index (χ0) is 14.7. The van der Waals surface area contributed by atoms with Crippen molar-refractivity contribution in [1.82, 2.24) is 4.90 Å². The molecule has 6 heteroatoms. The SMILES string of the molecule is CC(C)C[C@@H]1COCCN1C(=O)c1ccc(C(=O)O)o1. The molecule has 1 aliphatic heterocycles. The second-order valence-electron chi connectivity index (χ2n) is 5.33. The van der Waals surface area contributed by atoms with Gasteiger partial charge in [0.05, 0.1) is 19.3 Å². The highest BCUT2D eigenvalue weighted by Crippen LogP contribution is 2.19. The van der Waals surface area contributed by atoms with Crippen LogP contribution in [0.1, 0.15) is 41.4 Å². The molecule has 2 rings (SSSR count). The standard InChI is InChI=1S/C14H19NO5/c1-9(2)7-10-8-19-6-5-15(10)13(16)11-3-4-12(20-11)14(17)18/h3-4,9-10H,5-8H2,1-2H3,(H,17,18)/t10-/m1/s1. The zero-order valence-electron chi connectivity index (χ0n) is 11.7. The molecular formula is C14H19NO5. The number of hydrogen-bond acceptors (Lipinski definition) is 4. The van der Waals surface area contributed by atoms with Crippen LogP contribution in [0, 0.1) is 5.92 Å². The highest BCUT2D eigenvalue weighted by Gasteiger charge is 2.30. The first-order valence-corrected chi connectivity index (χ1v) is 6.71. The summed E-state index contributed by atoms with van der Waals surface area (Å²) in [7, 11) is 0. The number of aromatic carboxylic acids is 1. The van der Waals surface area contributed by atoms with Crippen LogP contribution in [-0.4, -0.2) is 47.7 Å². The molecule has 2 heterocycles. The molecule has 1 fully saturated rings. The van der Waals surface area contributed by atoms with E-state index in [1.807, 2.05) is 0 Å². The van der Waals surface area contributed by atoms with Crippen LogP contribution in [0.15, 0.2) is 16.5 Å². The molecule has 0 unspecified atom stereocenters. The molecule has 0 saturated carbocycles. The Bertz CT molecular complexity index is 494. The summed E-state index contributed by atoms with van der Waals surface area (Å²) < 4.78 is 10.5. The van der Waals surface area contributed by atoms with Crippen LogP contribution in [0.3, 0.4) is 0 Å². The van der Waals surface area contributed by atoms with Crippen LogP contribution in [0.5, 0.6) is 0 Å². The molecule has 1 atom stereocenters. The third-order valence-electron chi connectivity index (χ3n) is 3.26. The average Bonchev–Trinajstić information content (AvgIpc) is 2.87. The number of carboxylic acids is 1. The van der Waals surface area contributed by atoms with Gasteiger partial charge < -0.3 is 19.2 Å². The smallest absolute Gasteiger partial charge is 0.371 e. The van der Waals surface area contributed by atoms with Gasteiger partial charge in [0.15, 0.2) is 5.76 Å². The Hall–Kier alpha value is -1.82. The molecule has 1 saturated heterocycles. The normalized spacial score (nSPS) is 19.4. The first-order chi connectivity index (χ1) is 9.49. The van der Waals surface area contributed by atoms with Gasteiger partial charge in [0.25, 0.3) is 5.91 Å². The second-order valence-corrected chi connectivity index (χ2v) is 5.33. The van der Waals surface area contributed by atoms with Gasteiger partial charge in [0, 0.05) is 6.54 Å². The Labute approximate surface area is 117 Å². The fourth-order valence-corrected chi connectivity index (χ4v) is 2.37. The van der Waals surface area contributed by atoms with Gasteiger partial charge in [-0.05, 0) is 24.5 Å². The first-order valence-electron chi connectivity index (χ1n) is 6.71.